The summed E-state index contributed by atoms with van der Waals surface area (Å²) in [6.07, 6.45) is 5.10. The average Bonchev–Trinajstić information content (AvgIpc) is 2.77. The second kappa shape index (κ2) is 4.47. The Morgan fingerprint density at radius 2 is 2.38 bits per heavy atom. The van der Waals surface area contributed by atoms with E-state index in [4.69, 9.17) is 0 Å². The summed E-state index contributed by atoms with van der Waals surface area (Å²) in [5.74, 6) is 0. The number of fused-ring (bicyclic) bond motifs is 1. The molecule has 0 radical (unpaired) electrons. The van der Waals surface area contributed by atoms with Gasteiger partial charge < -0.3 is 5.32 Å². The first-order valence-corrected chi connectivity index (χ1v) is 6.63. The van der Waals surface area contributed by atoms with E-state index in [1.54, 1.807) is 0 Å². The van der Waals surface area contributed by atoms with Gasteiger partial charge in [0.2, 0.25) is 0 Å². The second-order valence-corrected chi connectivity index (χ2v) is 5.21. The van der Waals surface area contributed by atoms with Gasteiger partial charge >= 0.3 is 0 Å². The molecule has 1 aliphatic rings. The molecule has 0 bridgehead atoms. The van der Waals surface area contributed by atoms with Crippen LogP contribution in [0.5, 0.6) is 0 Å². The Morgan fingerprint density at radius 3 is 3.25 bits per heavy atom. The Bertz CT molecular complexity index is 474. The lowest BCUT2D eigenvalue weighted by molar-refractivity contribution is 0.399. The number of hydrogen-bond donors (Lipinski definition) is 1. The Balaban J connectivity index is 1.77. The third-order valence-electron chi connectivity index (χ3n) is 3.21. The normalized spacial score (nSPS) is 21.4. The first-order valence-electron chi connectivity index (χ1n) is 5.86. The molecule has 1 fully saturated rings. The quantitative estimate of drug-likeness (QED) is 0.865. The van der Waals surface area contributed by atoms with Gasteiger partial charge in [-0.1, -0.05) is 17.0 Å². The molecule has 0 saturated carbocycles. The Labute approximate surface area is 99.0 Å². The van der Waals surface area contributed by atoms with E-state index in [2.05, 4.69) is 33.1 Å². The number of nitrogens with one attached hydrogen (secondary N) is 1. The number of rotatable bonds is 2. The molecule has 1 unspecified atom stereocenters. The lowest BCUT2D eigenvalue weighted by Gasteiger charge is -2.23. The zero-order valence-electron chi connectivity index (χ0n) is 9.15. The predicted molar refractivity (Wildman–Crippen MR) is 66.8 cm³/mol. The van der Waals surface area contributed by atoms with E-state index in [9.17, 15) is 0 Å². The molecule has 3 nitrogen and oxygen atoms in total. The molecule has 0 aliphatic carbocycles. The molecule has 1 N–H and O–H groups in total. The van der Waals surface area contributed by atoms with Crippen LogP contribution in [0.4, 0.5) is 0 Å². The van der Waals surface area contributed by atoms with Crippen LogP contribution >= 0.6 is 11.5 Å². The molecule has 2 heterocycles. The van der Waals surface area contributed by atoms with Crippen molar-refractivity contribution in [2.75, 3.05) is 6.54 Å². The first kappa shape index (κ1) is 10.2. The fraction of sp³-hybridized carbons (Fsp3) is 0.500. The van der Waals surface area contributed by atoms with E-state index in [0.29, 0.717) is 6.04 Å². The van der Waals surface area contributed by atoms with E-state index < -0.39 is 0 Å². The first-order chi connectivity index (χ1) is 7.92. The van der Waals surface area contributed by atoms with Crippen molar-refractivity contribution in [3.63, 3.8) is 0 Å². The summed E-state index contributed by atoms with van der Waals surface area (Å²) in [6, 6.07) is 7.17. The molecule has 4 heteroatoms. The molecule has 3 rings (SSSR count). The van der Waals surface area contributed by atoms with Crippen molar-refractivity contribution in [1.82, 2.24) is 14.9 Å². The zero-order chi connectivity index (χ0) is 10.8. The molecular weight excluding hydrogens is 218 g/mol. The fourth-order valence-electron chi connectivity index (χ4n) is 2.34. The molecule has 1 saturated heterocycles. The van der Waals surface area contributed by atoms with E-state index in [0.717, 1.165) is 11.9 Å². The van der Waals surface area contributed by atoms with Crippen LogP contribution in [0, 0.1) is 0 Å². The highest BCUT2D eigenvalue weighted by Gasteiger charge is 2.13. The smallest absolute Gasteiger partial charge is 0.106 e. The minimum Gasteiger partial charge on any atom is -0.314 e. The monoisotopic (exact) mass is 233 g/mol. The van der Waals surface area contributed by atoms with Crippen LogP contribution in [0.2, 0.25) is 0 Å². The standard InChI is InChI=1S/C12H15N3S/c1-2-6-13-10(3-1)7-9-4-5-12-11(8-9)14-15-16-12/h4-5,8,10,13H,1-3,6-7H2. The van der Waals surface area contributed by atoms with Crippen LogP contribution in [0.15, 0.2) is 18.2 Å². The Morgan fingerprint density at radius 1 is 1.38 bits per heavy atom. The van der Waals surface area contributed by atoms with Gasteiger partial charge in [0, 0.05) is 6.04 Å². The summed E-state index contributed by atoms with van der Waals surface area (Å²) in [6.45, 7) is 1.17. The maximum Gasteiger partial charge on any atom is 0.106 e. The highest BCUT2D eigenvalue weighted by Crippen LogP contribution is 2.19. The fourth-order valence-corrected chi connectivity index (χ4v) is 2.88. The van der Waals surface area contributed by atoms with Crippen molar-refractivity contribution in [3.8, 4) is 0 Å². The largest absolute Gasteiger partial charge is 0.314 e. The minimum absolute atomic E-state index is 0.651. The minimum atomic E-state index is 0.651. The summed E-state index contributed by atoms with van der Waals surface area (Å²) < 4.78 is 5.15. The van der Waals surface area contributed by atoms with Crippen molar-refractivity contribution in [2.45, 2.75) is 31.7 Å². The molecule has 2 aromatic rings. The lowest BCUT2D eigenvalue weighted by Crippen LogP contribution is -2.35. The van der Waals surface area contributed by atoms with Crippen LogP contribution in [0.25, 0.3) is 10.2 Å². The number of piperidine rings is 1. The van der Waals surface area contributed by atoms with Gasteiger partial charge in [0.25, 0.3) is 0 Å². The average molecular weight is 233 g/mol. The van der Waals surface area contributed by atoms with Gasteiger partial charge in [0.05, 0.1) is 4.70 Å². The highest BCUT2D eigenvalue weighted by atomic mass is 32.1. The number of aromatic nitrogens is 2. The summed E-state index contributed by atoms with van der Waals surface area (Å²) in [5, 5.41) is 7.70. The third-order valence-corrected chi connectivity index (χ3v) is 3.91. The van der Waals surface area contributed by atoms with Gasteiger partial charge in [-0.2, -0.15) is 0 Å². The van der Waals surface area contributed by atoms with E-state index in [1.165, 1.54) is 47.6 Å². The summed E-state index contributed by atoms with van der Waals surface area (Å²) in [7, 11) is 0. The van der Waals surface area contributed by atoms with E-state index in [-0.39, 0.29) is 0 Å². The third kappa shape index (κ3) is 2.08. The van der Waals surface area contributed by atoms with Crippen LogP contribution in [-0.4, -0.2) is 22.2 Å². The van der Waals surface area contributed by atoms with Crippen molar-refractivity contribution < 1.29 is 0 Å². The van der Waals surface area contributed by atoms with Gasteiger partial charge in [0.15, 0.2) is 0 Å². The van der Waals surface area contributed by atoms with Crippen LogP contribution in [0.3, 0.4) is 0 Å². The molecule has 1 atom stereocenters. The van der Waals surface area contributed by atoms with E-state index >= 15 is 0 Å². The predicted octanol–water partition coefficient (Wildman–Crippen LogP) is 2.38. The maximum atomic E-state index is 4.12. The molecular formula is C12H15N3S. The van der Waals surface area contributed by atoms with Crippen molar-refractivity contribution in [3.05, 3.63) is 23.8 Å². The maximum absolute atomic E-state index is 4.12. The van der Waals surface area contributed by atoms with Crippen molar-refractivity contribution in [2.24, 2.45) is 0 Å². The van der Waals surface area contributed by atoms with Crippen LogP contribution < -0.4 is 5.32 Å². The molecule has 1 aromatic carbocycles. The van der Waals surface area contributed by atoms with Crippen LogP contribution in [-0.2, 0) is 6.42 Å². The molecule has 0 amide bonds. The zero-order valence-corrected chi connectivity index (χ0v) is 9.96. The lowest BCUT2D eigenvalue weighted by atomic mass is 9.98. The summed E-state index contributed by atoms with van der Waals surface area (Å²) >= 11 is 1.47. The molecule has 0 spiro atoms. The van der Waals surface area contributed by atoms with Crippen LogP contribution in [0.1, 0.15) is 24.8 Å². The molecule has 1 aromatic heterocycles. The Kier molecular flexibility index (Phi) is 2.84. The van der Waals surface area contributed by atoms with Crippen molar-refractivity contribution >= 4 is 21.7 Å². The number of benzene rings is 1. The van der Waals surface area contributed by atoms with Gasteiger partial charge in [0.1, 0.15) is 5.52 Å². The molecule has 1 aliphatic heterocycles. The van der Waals surface area contributed by atoms with Crippen molar-refractivity contribution in [1.29, 1.82) is 0 Å². The SMILES string of the molecule is c1cc2snnc2cc1CC1CCCCN1. The molecule has 84 valence electrons. The second-order valence-electron chi connectivity index (χ2n) is 4.43. The number of nitrogens with zero attached hydrogens (tertiary/aromatic N) is 2. The molecule has 16 heavy (non-hydrogen) atoms. The van der Waals surface area contributed by atoms with E-state index in [1.807, 2.05) is 0 Å². The summed E-state index contributed by atoms with van der Waals surface area (Å²) in [4.78, 5) is 0. The summed E-state index contributed by atoms with van der Waals surface area (Å²) in [5.41, 5.74) is 2.41. The topological polar surface area (TPSA) is 37.8 Å². The Hall–Kier alpha value is -1.00. The number of hydrogen-bond acceptors (Lipinski definition) is 4. The highest BCUT2D eigenvalue weighted by molar-refractivity contribution is 7.12. The van der Waals surface area contributed by atoms with Gasteiger partial charge in [-0.25, -0.2) is 0 Å². The van der Waals surface area contributed by atoms with Gasteiger partial charge in [-0.15, -0.1) is 5.10 Å². The van der Waals surface area contributed by atoms with Gasteiger partial charge in [-0.05, 0) is 55.0 Å². The van der Waals surface area contributed by atoms with Gasteiger partial charge in [-0.3, -0.25) is 0 Å².